The molecule has 0 spiro atoms. The number of amides is 1. The summed E-state index contributed by atoms with van der Waals surface area (Å²) in [6.07, 6.45) is 0. The monoisotopic (exact) mass is 269 g/mol. The van der Waals surface area contributed by atoms with Gasteiger partial charge in [0.15, 0.2) is 0 Å². The average Bonchev–Trinajstić information content (AvgIpc) is 2.75. The molecule has 18 heavy (non-hydrogen) atoms. The van der Waals surface area contributed by atoms with Gasteiger partial charge < -0.3 is 10.6 Å². The van der Waals surface area contributed by atoms with E-state index in [1.54, 1.807) is 30.3 Å². The molecule has 0 aliphatic heterocycles. The van der Waals surface area contributed by atoms with Crippen LogP contribution in [-0.2, 0) is 4.79 Å². The molecular formula is C13H23N3OS. The highest BCUT2D eigenvalue weighted by Crippen LogP contribution is 2.26. The van der Waals surface area contributed by atoms with Crippen LogP contribution in [0.5, 0.6) is 0 Å². The second-order valence-corrected chi connectivity index (χ2v) is 5.87. The minimum Gasteiger partial charge on any atom is -0.348 e. The fourth-order valence-corrected chi connectivity index (χ4v) is 2.86. The third kappa shape index (κ3) is 3.80. The van der Waals surface area contributed by atoms with Gasteiger partial charge in [0.1, 0.15) is 0 Å². The highest BCUT2D eigenvalue weighted by molar-refractivity contribution is 7.12. The van der Waals surface area contributed by atoms with Gasteiger partial charge in [-0.3, -0.25) is 9.69 Å². The summed E-state index contributed by atoms with van der Waals surface area (Å²) in [5, 5.41) is 0. The number of rotatable bonds is 6. The fourth-order valence-electron chi connectivity index (χ4n) is 1.84. The van der Waals surface area contributed by atoms with Gasteiger partial charge in [0.2, 0.25) is 5.91 Å². The number of nitrogens with two attached hydrogens (primary N) is 1. The van der Waals surface area contributed by atoms with Crippen molar-refractivity contribution in [2.75, 3.05) is 33.7 Å². The van der Waals surface area contributed by atoms with Gasteiger partial charge in [-0.05, 0) is 25.6 Å². The molecule has 1 aromatic rings. The molecule has 0 fully saturated rings. The predicted octanol–water partition coefficient (Wildman–Crippen LogP) is 1.47. The van der Waals surface area contributed by atoms with Crippen molar-refractivity contribution < 1.29 is 4.79 Å². The highest BCUT2D eigenvalue weighted by atomic mass is 32.1. The summed E-state index contributed by atoms with van der Waals surface area (Å²) in [7, 11) is 3.56. The molecule has 0 radical (unpaired) electrons. The number of hydrogen-bond donors (Lipinski definition) is 1. The van der Waals surface area contributed by atoms with Gasteiger partial charge >= 0.3 is 0 Å². The number of hydrogen-bond acceptors (Lipinski definition) is 4. The van der Waals surface area contributed by atoms with Crippen LogP contribution in [-0.4, -0.2) is 49.4 Å². The maximum absolute atomic E-state index is 11.8. The fraction of sp³-hybridized carbons (Fsp3) is 0.615. The minimum atomic E-state index is 0.114. The van der Waals surface area contributed by atoms with Crippen LogP contribution in [0.25, 0.3) is 0 Å². The number of nitrogens with zero attached hydrogens (tertiary/aromatic N) is 2. The Kier molecular flexibility index (Phi) is 5.78. The van der Waals surface area contributed by atoms with Crippen molar-refractivity contribution in [2.45, 2.75) is 19.9 Å². The molecule has 0 saturated carbocycles. The van der Waals surface area contributed by atoms with Crippen molar-refractivity contribution in [1.29, 1.82) is 0 Å². The quantitative estimate of drug-likeness (QED) is 0.851. The zero-order valence-corrected chi connectivity index (χ0v) is 12.5. The van der Waals surface area contributed by atoms with E-state index in [4.69, 9.17) is 5.73 Å². The molecule has 0 aromatic carbocycles. The standard InChI is InChI=1S/C13H23N3OS/c1-5-16(9-13(17)15(3)4)11(8-14)12-7-6-10(2)18-12/h6-7,11H,5,8-9,14H2,1-4H3. The Morgan fingerprint density at radius 2 is 2.11 bits per heavy atom. The van der Waals surface area contributed by atoms with E-state index in [1.807, 2.05) is 0 Å². The van der Waals surface area contributed by atoms with Crippen LogP contribution in [0, 0.1) is 6.92 Å². The van der Waals surface area contributed by atoms with Crippen LogP contribution in [0.4, 0.5) is 0 Å². The van der Waals surface area contributed by atoms with Crippen LogP contribution >= 0.6 is 11.3 Å². The highest BCUT2D eigenvalue weighted by Gasteiger charge is 2.21. The summed E-state index contributed by atoms with van der Waals surface area (Å²) in [5.74, 6) is 0.114. The zero-order valence-electron chi connectivity index (χ0n) is 11.6. The Morgan fingerprint density at radius 1 is 1.44 bits per heavy atom. The molecule has 1 atom stereocenters. The molecule has 1 unspecified atom stereocenters. The van der Waals surface area contributed by atoms with E-state index in [0.717, 1.165) is 6.54 Å². The second kappa shape index (κ2) is 6.87. The van der Waals surface area contributed by atoms with Crippen LogP contribution < -0.4 is 5.73 Å². The Bertz CT molecular complexity index is 389. The summed E-state index contributed by atoms with van der Waals surface area (Å²) >= 11 is 1.75. The molecule has 2 N–H and O–H groups in total. The first-order valence-electron chi connectivity index (χ1n) is 6.20. The first kappa shape index (κ1) is 15.1. The predicted molar refractivity (Wildman–Crippen MR) is 76.8 cm³/mol. The molecular weight excluding hydrogens is 246 g/mol. The van der Waals surface area contributed by atoms with E-state index < -0.39 is 0 Å². The van der Waals surface area contributed by atoms with Gasteiger partial charge in [0.05, 0.1) is 12.6 Å². The number of thiophene rings is 1. The summed E-state index contributed by atoms with van der Waals surface area (Å²) in [5.41, 5.74) is 5.88. The van der Waals surface area contributed by atoms with Gasteiger partial charge in [-0.2, -0.15) is 0 Å². The molecule has 5 heteroatoms. The largest absolute Gasteiger partial charge is 0.348 e. The summed E-state index contributed by atoms with van der Waals surface area (Å²) in [6, 6.07) is 4.35. The maximum atomic E-state index is 11.8. The first-order valence-corrected chi connectivity index (χ1v) is 7.01. The molecule has 1 aromatic heterocycles. The third-order valence-electron chi connectivity index (χ3n) is 3.00. The van der Waals surface area contributed by atoms with Crippen LogP contribution in [0.15, 0.2) is 12.1 Å². The van der Waals surface area contributed by atoms with Crippen molar-refractivity contribution in [3.05, 3.63) is 21.9 Å². The molecule has 0 aliphatic rings. The lowest BCUT2D eigenvalue weighted by atomic mass is 10.2. The van der Waals surface area contributed by atoms with E-state index in [9.17, 15) is 4.79 Å². The van der Waals surface area contributed by atoms with E-state index >= 15 is 0 Å². The second-order valence-electron chi connectivity index (χ2n) is 4.55. The molecule has 0 bridgehead atoms. The molecule has 1 amide bonds. The van der Waals surface area contributed by atoms with E-state index in [2.05, 4.69) is 30.9 Å². The topological polar surface area (TPSA) is 49.6 Å². The number of carbonyl (C=O) groups excluding carboxylic acids is 1. The number of carbonyl (C=O) groups is 1. The van der Waals surface area contributed by atoms with Gasteiger partial charge in [-0.1, -0.05) is 6.92 Å². The molecule has 1 rings (SSSR count). The number of likely N-dealkylation sites (N-methyl/N-ethyl adjacent to an activating group) is 2. The van der Waals surface area contributed by atoms with Gasteiger partial charge in [0.25, 0.3) is 0 Å². The summed E-state index contributed by atoms with van der Waals surface area (Å²) < 4.78 is 0. The number of aryl methyl sites for hydroxylation is 1. The first-order chi connectivity index (χ1) is 8.49. The lowest BCUT2D eigenvalue weighted by Gasteiger charge is -2.29. The maximum Gasteiger partial charge on any atom is 0.236 e. The van der Waals surface area contributed by atoms with Crippen molar-refractivity contribution in [3.63, 3.8) is 0 Å². The van der Waals surface area contributed by atoms with Crippen molar-refractivity contribution in [2.24, 2.45) is 5.73 Å². The Labute approximate surface area is 113 Å². The van der Waals surface area contributed by atoms with Crippen LogP contribution in [0.2, 0.25) is 0 Å². The van der Waals surface area contributed by atoms with Gasteiger partial charge in [0, 0.05) is 30.4 Å². The molecule has 0 saturated heterocycles. The Hall–Kier alpha value is -0.910. The molecule has 1 heterocycles. The van der Waals surface area contributed by atoms with Gasteiger partial charge in [-0.25, -0.2) is 0 Å². The lowest BCUT2D eigenvalue weighted by molar-refractivity contribution is -0.130. The zero-order chi connectivity index (χ0) is 13.7. The van der Waals surface area contributed by atoms with E-state index in [1.165, 1.54) is 9.75 Å². The summed E-state index contributed by atoms with van der Waals surface area (Å²) in [4.78, 5) is 18.1. The SMILES string of the molecule is CCN(CC(=O)N(C)C)C(CN)c1ccc(C)s1. The Balaban J connectivity index is 2.81. The van der Waals surface area contributed by atoms with E-state index in [-0.39, 0.29) is 11.9 Å². The third-order valence-corrected chi connectivity index (χ3v) is 4.10. The Morgan fingerprint density at radius 3 is 2.50 bits per heavy atom. The minimum absolute atomic E-state index is 0.114. The molecule has 0 aliphatic carbocycles. The van der Waals surface area contributed by atoms with Gasteiger partial charge in [-0.15, -0.1) is 11.3 Å². The van der Waals surface area contributed by atoms with Crippen molar-refractivity contribution >= 4 is 17.2 Å². The van der Waals surface area contributed by atoms with Crippen molar-refractivity contribution in [3.8, 4) is 0 Å². The van der Waals surface area contributed by atoms with E-state index in [0.29, 0.717) is 13.1 Å². The molecule has 4 nitrogen and oxygen atoms in total. The normalized spacial score (nSPS) is 12.8. The molecule has 102 valence electrons. The smallest absolute Gasteiger partial charge is 0.236 e. The van der Waals surface area contributed by atoms with Crippen LogP contribution in [0.1, 0.15) is 22.7 Å². The lowest BCUT2D eigenvalue weighted by Crippen LogP contribution is -2.40. The van der Waals surface area contributed by atoms with Crippen molar-refractivity contribution in [1.82, 2.24) is 9.80 Å². The summed E-state index contributed by atoms with van der Waals surface area (Å²) in [6.45, 7) is 5.92. The average molecular weight is 269 g/mol. The van der Waals surface area contributed by atoms with Crippen LogP contribution in [0.3, 0.4) is 0 Å².